The van der Waals surface area contributed by atoms with E-state index in [2.05, 4.69) is 5.32 Å². The first-order valence-electron chi connectivity index (χ1n) is 3.60. The molecule has 13 heavy (non-hydrogen) atoms. The molecule has 0 spiro atoms. The average Bonchev–Trinajstić information content (AvgIpc) is 2.52. The fourth-order valence-corrected chi connectivity index (χ4v) is 1.30. The van der Waals surface area contributed by atoms with Crippen molar-refractivity contribution in [1.29, 1.82) is 0 Å². The van der Waals surface area contributed by atoms with Gasteiger partial charge in [0.2, 0.25) is 13.2 Å². The van der Waals surface area contributed by atoms with Crippen LogP contribution in [0.5, 0.6) is 11.5 Å². The number of anilines is 1. The van der Waals surface area contributed by atoms with E-state index in [1.54, 1.807) is 12.1 Å². The number of hydrogen-bond donors (Lipinski definition) is 1. The molecule has 0 radical (unpaired) electrons. The smallest absolute Gasteiger partial charge is 0.231 e. The number of carbonyl (C=O) groups is 1. The van der Waals surface area contributed by atoms with Gasteiger partial charge in [-0.3, -0.25) is 4.79 Å². The summed E-state index contributed by atoms with van der Waals surface area (Å²) in [5, 5.41) is 2.88. The topological polar surface area (TPSA) is 47.6 Å². The van der Waals surface area contributed by atoms with Gasteiger partial charge in [0.05, 0.1) is 10.7 Å². The lowest BCUT2D eigenvalue weighted by atomic mass is 10.3. The molecule has 0 aliphatic carbocycles. The summed E-state index contributed by atoms with van der Waals surface area (Å²) < 4.78 is 10.2. The number of nitrogens with one attached hydrogen (secondary N) is 1. The van der Waals surface area contributed by atoms with Crippen molar-refractivity contribution in [1.82, 2.24) is 0 Å². The normalized spacial score (nSPS) is 12.7. The highest BCUT2D eigenvalue weighted by Gasteiger charge is 2.15. The SMILES string of the molecule is O=CNc1cc2c(cc1Cl)OCO2. The molecule has 0 fully saturated rings. The number of ether oxygens (including phenoxy) is 2. The zero-order valence-electron chi connectivity index (χ0n) is 6.54. The van der Waals surface area contributed by atoms with Crippen LogP contribution >= 0.6 is 11.6 Å². The molecule has 0 bridgehead atoms. The molecule has 0 saturated heterocycles. The molecule has 5 heteroatoms. The first-order chi connectivity index (χ1) is 6.31. The quantitative estimate of drug-likeness (QED) is 0.737. The molecule has 0 aromatic heterocycles. The highest BCUT2D eigenvalue weighted by atomic mass is 35.5. The summed E-state index contributed by atoms with van der Waals surface area (Å²) in [7, 11) is 0. The van der Waals surface area contributed by atoms with Gasteiger partial charge in [0.1, 0.15) is 0 Å². The maximum absolute atomic E-state index is 10.2. The first kappa shape index (κ1) is 8.19. The fraction of sp³-hybridized carbons (Fsp3) is 0.125. The van der Waals surface area contributed by atoms with Crippen LogP contribution in [0.2, 0.25) is 5.02 Å². The van der Waals surface area contributed by atoms with Crippen molar-refractivity contribution in [3.63, 3.8) is 0 Å². The van der Waals surface area contributed by atoms with E-state index in [1.165, 1.54) is 0 Å². The van der Waals surface area contributed by atoms with Gasteiger partial charge in [0, 0.05) is 12.1 Å². The molecule has 0 unspecified atom stereocenters. The van der Waals surface area contributed by atoms with Gasteiger partial charge < -0.3 is 14.8 Å². The van der Waals surface area contributed by atoms with Gasteiger partial charge in [-0.15, -0.1) is 0 Å². The van der Waals surface area contributed by atoms with Crippen LogP contribution in [0.25, 0.3) is 0 Å². The molecule has 68 valence electrons. The Labute approximate surface area is 79.4 Å². The summed E-state index contributed by atoms with van der Waals surface area (Å²) in [6.45, 7) is 0.191. The Morgan fingerprint density at radius 1 is 1.38 bits per heavy atom. The van der Waals surface area contributed by atoms with Crippen LogP contribution in [-0.4, -0.2) is 13.2 Å². The monoisotopic (exact) mass is 199 g/mol. The number of rotatable bonds is 2. The van der Waals surface area contributed by atoms with Crippen molar-refractivity contribution < 1.29 is 14.3 Å². The van der Waals surface area contributed by atoms with Crippen LogP contribution in [0.4, 0.5) is 5.69 Å². The maximum Gasteiger partial charge on any atom is 0.231 e. The second kappa shape index (κ2) is 3.14. The highest BCUT2D eigenvalue weighted by molar-refractivity contribution is 6.33. The second-order valence-electron chi connectivity index (χ2n) is 2.45. The van der Waals surface area contributed by atoms with E-state index in [0.29, 0.717) is 28.6 Å². The van der Waals surface area contributed by atoms with Crippen LogP contribution in [0.3, 0.4) is 0 Å². The number of benzene rings is 1. The summed E-state index contributed by atoms with van der Waals surface area (Å²) in [5.74, 6) is 1.19. The number of fused-ring (bicyclic) bond motifs is 1. The minimum Gasteiger partial charge on any atom is -0.454 e. The summed E-state index contributed by atoms with van der Waals surface area (Å²) in [6.07, 6.45) is 0.559. The highest BCUT2D eigenvalue weighted by Crippen LogP contribution is 2.38. The maximum atomic E-state index is 10.2. The third kappa shape index (κ3) is 1.40. The average molecular weight is 200 g/mol. The Kier molecular flexibility index (Phi) is 1.98. The van der Waals surface area contributed by atoms with Gasteiger partial charge in [0.15, 0.2) is 11.5 Å². The summed E-state index contributed by atoms with van der Waals surface area (Å²) >= 11 is 5.83. The van der Waals surface area contributed by atoms with Crippen molar-refractivity contribution in [2.45, 2.75) is 0 Å². The molecule has 1 amide bonds. The number of halogens is 1. The molecule has 0 atom stereocenters. The van der Waals surface area contributed by atoms with Crippen molar-refractivity contribution in [2.24, 2.45) is 0 Å². The van der Waals surface area contributed by atoms with Crippen molar-refractivity contribution in [3.8, 4) is 11.5 Å². The largest absolute Gasteiger partial charge is 0.454 e. The Hall–Kier alpha value is -1.42. The van der Waals surface area contributed by atoms with Crippen LogP contribution in [0.1, 0.15) is 0 Å². The zero-order valence-corrected chi connectivity index (χ0v) is 7.30. The predicted octanol–water partition coefficient (Wildman–Crippen LogP) is 1.64. The molecular formula is C8H6ClNO3. The standard InChI is InChI=1S/C8H6ClNO3/c9-5-1-7-8(13-4-12-7)2-6(5)10-3-11/h1-3H,4H2,(H,10,11). The first-order valence-corrected chi connectivity index (χ1v) is 3.98. The Balaban J connectivity index is 2.42. The van der Waals surface area contributed by atoms with Crippen LogP contribution in [0, 0.1) is 0 Å². The van der Waals surface area contributed by atoms with Gasteiger partial charge in [-0.25, -0.2) is 0 Å². The number of carbonyl (C=O) groups excluding carboxylic acids is 1. The van der Waals surface area contributed by atoms with Gasteiger partial charge in [0.25, 0.3) is 0 Å². The van der Waals surface area contributed by atoms with Gasteiger partial charge >= 0.3 is 0 Å². The van der Waals surface area contributed by atoms with E-state index < -0.39 is 0 Å². The lowest BCUT2D eigenvalue weighted by Gasteiger charge is -2.03. The number of hydrogen-bond acceptors (Lipinski definition) is 3. The van der Waals surface area contributed by atoms with Crippen molar-refractivity contribution in [2.75, 3.05) is 12.1 Å². The Morgan fingerprint density at radius 3 is 2.77 bits per heavy atom. The lowest BCUT2D eigenvalue weighted by Crippen LogP contribution is -1.94. The fourth-order valence-electron chi connectivity index (χ4n) is 1.09. The predicted molar refractivity (Wildman–Crippen MR) is 47.3 cm³/mol. The molecule has 2 rings (SSSR count). The van der Waals surface area contributed by atoms with E-state index in [-0.39, 0.29) is 6.79 Å². The Morgan fingerprint density at radius 2 is 2.08 bits per heavy atom. The lowest BCUT2D eigenvalue weighted by molar-refractivity contribution is -0.105. The second-order valence-corrected chi connectivity index (χ2v) is 2.85. The summed E-state index contributed by atoms with van der Waals surface area (Å²) in [5.41, 5.74) is 0.515. The van der Waals surface area contributed by atoms with Crippen molar-refractivity contribution >= 4 is 23.7 Å². The third-order valence-corrected chi connectivity index (χ3v) is 1.99. The van der Waals surface area contributed by atoms with E-state index in [9.17, 15) is 4.79 Å². The summed E-state index contributed by atoms with van der Waals surface area (Å²) in [4.78, 5) is 10.2. The number of amides is 1. The Bertz CT molecular complexity index is 353. The minimum atomic E-state index is 0.191. The molecule has 1 aromatic carbocycles. The molecule has 0 saturated carbocycles. The molecule has 1 aromatic rings. The third-order valence-electron chi connectivity index (χ3n) is 1.68. The van der Waals surface area contributed by atoms with E-state index >= 15 is 0 Å². The van der Waals surface area contributed by atoms with Crippen LogP contribution in [0.15, 0.2) is 12.1 Å². The van der Waals surface area contributed by atoms with E-state index in [4.69, 9.17) is 21.1 Å². The molecule has 1 aliphatic rings. The molecule has 1 heterocycles. The summed E-state index contributed by atoms with van der Waals surface area (Å²) in [6, 6.07) is 3.23. The molecule has 1 N–H and O–H groups in total. The molecule has 1 aliphatic heterocycles. The van der Waals surface area contributed by atoms with Gasteiger partial charge in [-0.1, -0.05) is 11.6 Å². The van der Waals surface area contributed by atoms with Crippen LogP contribution in [-0.2, 0) is 4.79 Å². The zero-order chi connectivity index (χ0) is 9.26. The molecule has 4 nitrogen and oxygen atoms in total. The van der Waals surface area contributed by atoms with E-state index in [1.807, 2.05) is 0 Å². The van der Waals surface area contributed by atoms with Gasteiger partial charge in [-0.2, -0.15) is 0 Å². The van der Waals surface area contributed by atoms with Crippen LogP contribution < -0.4 is 14.8 Å². The van der Waals surface area contributed by atoms with Gasteiger partial charge in [-0.05, 0) is 0 Å². The minimum absolute atomic E-state index is 0.191. The molecular weight excluding hydrogens is 194 g/mol. The van der Waals surface area contributed by atoms with Crippen molar-refractivity contribution in [3.05, 3.63) is 17.2 Å². The van der Waals surface area contributed by atoms with E-state index in [0.717, 1.165) is 0 Å².